The summed E-state index contributed by atoms with van der Waals surface area (Å²) in [6.07, 6.45) is 0. The van der Waals surface area contributed by atoms with Gasteiger partial charge in [-0.15, -0.1) is 0 Å². The number of halogens is 1. The fourth-order valence-corrected chi connectivity index (χ4v) is 1.61. The van der Waals surface area contributed by atoms with Crippen molar-refractivity contribution in [3.63, 3.8) is 0 Å². The first-order chi connectivity index (χ1) is 8.45. The van der Waals surface area contributed by atoms with Crippen LogP contribution in [0.2, 0.25) is 5.02 Å². The fraction of sp³-hybridized carbons (Fsp3) is 0.462. The van der Waals surface area contributed by atoms with Gasteiger partial charge in [-0.25, -0.2) is 0 Å². The molecule has 0 fully saturated rings. The van der Waals surface area contributed by atoms with E-state index in [0.29, 0.717) is 17.3 Å². The minimum absolute atomic E-state index is 0.00565. The Bertz CT molecular complexity index is 421. The maximum atomic E-state index is 11.6. The van der Waals surface area contributed by atoms with E-state index in [-0.39, 0.29) is 18.6 Å². The molecular weight excluding hydrogens is 252 g/mol. The van der Waals surface area contributed by atoms with Crippen LogP contribution < -0.4 is 10.5 Å². The summed E-state index contributed by atoms with van der Waals surface area (Å²) < 4.78 is 5.51. The molecule has 1 rings (SSSR count). The van der Waals surface area contributed by atoms with Gasteiger partial charge in [-0.2, -0.15) is 0 Å². The molecule has 18 heavy (non-hydrogen) atoms. The molecule has 0 bridgehead atoms. The molecule has 0 saturated heterocycles. The van der Waals surface area contributed by atoms with Crippen molar-refractivity contribution in [1.29, 1.82) is 0 Å². The Labute approximate surface area is 113 Å². The number of ether oxygens (including phenoxy) is 1. The number of nitrogens with zero attached hydrogens (tertiary/aromatic N) is 1. The number of nitrogens with two attached hydrogens (primary N) is 1. The smallest absolute Gasteiger partial charge is 0.260 e. The van der Waals surface area contributed by atoms with Crippen LogP contribution in [0.3, 0.4) is 0 Å². The van der Waals surface area contributed by atoms with Gasteiger partial charge in [-0.05, 0) is 32.0 Å². The van der Waals surface area contributed by atoms with Crippen LogP contribution in [0, 0.1) is 0 Å². The molecule has 0 unspecified atom stereocenters. The lowest BCUT2D eigenvalue weighted by Gasteiger charge is -2.17. The van der Waals surface area contributed by atoms with E-state index in [9.17, 15) is 4.79 Å². The quantitative estimate of drug-likeness (QED) is 0.893. The van der Waals surface area contributed by atoms with Crippen molar-refractivity contribution in [3.8, 4) is 5.75 Å². The zero-order valence-corrected chi connectivity index (χ0v) is 11.7. The molecule has 0 saturated carbocycles. The average molecular weight is 271 g/mol. The Morgan fingerprint density at radius 1 is 1.56 bits per heavy atom. The summed E-state index contributed by atoms with van der Waals surface area (Å²) in [6.45, 7) is 4.42. The van der Waals surface area contributed by atoms with E-state index in [1.165, 1.54) is 0 Å². The predicted molar refractivity (Wildman–Crippen MR) is 72.9 cm³/mol. The van der Waals surface area contributed by atoms with Gasteiger partial charge in [0.25, 0.3) is 5.91 Å². The summed E-state index contributed by atoms with van der Waals surface area (Å²) in [5.41, 5.74) is 6.64. The molecule has 4 nitrogen and oxygen atoms in total. The SMILES string of the molecule is CCN(C)C(=O)COc1ccc(Cl)cc1[C@H](C)N. The molecule has 0 aliphatic carbocycles. The highest BCUT2D eigenvalue weighted by molar-refractivity contribution is 6.30. The molecule has 0 radical (unpaired) electrons. The first kappa shape index (κ1) is 14.8. The Morgan fingerprint density at radius 3 is 2.78 bits per heavy atom. The number of likely N-dealkylation sites (N-methyl/N-ethyl adjacent to an activating group) is 1. The number of carbonyl (C=O) groups excluding carboxylic acids is 1. The Morgan fingerprint density at radius 2 is 2.22 bits per heavy atom. The van der Waals surface area contributed by atoms with Gasteiger partial charge in [0.1, 0.15) is 5.75 Å². The van der Waals surface area contributed by atoms with E-state index >= 15 is 0 Å². The molecule has 1 aromatic carbocycles. The van der Waals surface area contributed by atoms with Crippen molar-refractivity contribution in [2.45, 2.75) is 19.9 Å². The lowest BCUT2D eigenvalue weighted by molar-refractivity contribution is -0.131. The van der Waals surface area contributed by atoms with Crippen LogP contribution in [0.4, 0.5) is 0 Å². The van der Waals surface area contributed by atoms with E-state index < -0.39 is 0 Å². The fourth-order valence-electron chi connectivity index (χ4n) is 1.43. The van der Waals surface area contributed by atoms with E-state index in [2.05, 4.69) is 0 Å². The molecular formula is C13H19ClN2O2. The highest BCUT2D eigenvalue weighted by Gasteiger charge is 2.12. The van der Waals surface area contributed by atoms with E-state index in [1.54, 1.807) is 30.1 Å². The van der Waals surface area contributed by atoms with Crippen molar-refractivity contribution in [1.82, 2.24) is 4.90 Å². The van der Waals surface area contributed by atoms with Gasteiger partial charge >= 0.3 is 0 Å². The Hall–Kier alpha value is -1.26. The van der Waals surface area contributed by atoms with E-state index in [1.807, 2.05) is 13.8 Å². The standard InChI is InChI=1S/C13H19ClN2O2/c1-4-16(3)13(17)8-18-12-6-5-10(14)7-11(12)9(2)15/h5-7,9H,4,8,15H2,1-3H3/t9-/m0/s1. The minimum atomic E-state index is -0.197. The summed E-state index contributed by atoms with van der Waals surface area (Å²) in [6, 6.07) is 5.02. The summed E-state index contributed by atoms with van der Waals surface area (Å²) in [5.74, 6) is 0.537. The Kier molecular flexibility index (Phi) is 5.44. The molecule has 0 aliphatic heterocycles. The number of carbonyl (C=O) groups is 1. The van der Waals surface area contributed by atoms with Crippen LogP contribution in [0.5, 0.6) is 5.75 Å². The highest BCUT2D eigenvalue weighted by Crippen LogP contribution is 2.27. The van der Waals surface area contributed by atoms with Crippen LogP contribution in [0.1, 0.15) is 25.5 Å². The third-order valence-electron chi connectivity index (χ3n) is 2.71. The molecule has 5 heteroatoms. The second-order valence-corrected chi connectivity index (χ2v) is 4.60. The average Bonchev–Trinajstić information content (AvgIpc) is 2.35. The monoisotopic (exact) mass is 270 g/mol. The number of benzene rings is 1. The van der Waals surface area contributed by atoms with Crippen molar-refractivity contribution in [3.05, 3.63) is 28.8 Å². The normalized spacial score (nSPS) is 12.1. The first-order valence-corrected chi connectivity index (χ1v) is 6.25. The van der Waals surface area contributed by atoms with Gasteiger partial charge < -0.3 is 15.4 Å². The molecule has 0 spiro atoms. The third-order valence-corrected chi connectivity index (χ3v) is 2.95. The van der Waals surface area contributed by atoms with Crippen molar-refractivity contribution >= 4 is 17.5 Å². The first-order valence-electron chi connectivity index (χ1n) is 5.87. The minimum Gasteiger partial charge on any atom is -0.483 e. The van der Waals surface area contributed by atoms with Gasteiger partial charge in [0, 0.05) is 30.2 Å². The molecule has 1 aromatic rings. The van der Waals surface area contributed by atoms with Crippen molar-refractivity contribution in [2.75, 3.05) is 20.2 Å². The zero-order chi connectivity index (χ0) is 13.7. The molecule has 0 heterocycles. The largest absolute Gasteiger partial charge is 0.483 e. The van der Waals surface area contributed by atoms with Gasteiger partial charge in [0.05, 0.1) is 0 Å². The van der Waals surface area contributed by atoms with Gasteiger partial charge in [-0.3, -0.25) is 4.79 Å². The second-order valence-electron chi connectivity index (χ2n) is 4.17. The van der Waals surface area contributed by atoms with E-state index in [0.717, 1.165) is 5.56 Å². The van der Waals surface area contributed by atoms with Gasteiger partial charge in [-0.1, -0.05) is 11.6 Å². The summed E-state index contributed by atoms with van der Waals surface area (Å²) in [4.78, 5) is 13.2. The number of rotatable bonds is 5. The molecule has 2 N–H and O–H groups in total. The van der Waals surface area contributed by atoms with Crippen LogP contribution in [-0.4, -0.2) is 31.0 Å². The van der Waals surface area contributed by atoms with Crippen LogP contribution >= 0.6 is 11.6 Å². The number of amides is 1. The van der Waals surface area contributed by atoms with E-state index in [4.69, 9.17) is 22.1 Å². The second kappa shape index (κ2) is 6.61. The van der Waals surface area contributed by atoms with Crippen molar-refractivity contribution < 1.29 is 9.53 Å². The molecule has 0 aliphatic rings. The molecule has 100 valence electrons. The zero-order valence-electron chi connectivity index (χ0n) is 10.9. The predicted octanol–water partition coefficient (Wildman–Crippen LogP) is 2.22. The molecule has 0 aromatic heterocycles. The van der Waals surface area contributed by atoms with Crippen molar-refractivity contribution in [2.24, 2.45) is 5.73 Å². The van der Waals surface area contributed by atoms with Gasteiger partial charge in [0.15, 0.2) is 6.61 Å². The Balaban J connectivity index is 2.76. The van der Waals surface area contributed by atoms with Crippen LogP contribution in [0.25, 0.3) is 0 Å². The summed E-state index contributed by atoms with van der Waals surface area (Å²) in [7, 11) is 1.74. The summed E-state index contributed by atoms with van der Waals surface area (Å²) in [5, 5.41) is 0.603. The molecule has 1 atom stereocenters. The topological polar surface area (TPSA) is 55.6 Å². The summed E-state index contributed by atoms with van der Waals surface area (Å²) >= 11 is 5.91. The third kappa shape index (κ3) is 3.89. The maximum Gasteiger partial charge on any atom is 0.260 e. The molecule has 1 amide bonds. The lowest BCUT2D eigenvalue weighted by atomic mass is 10.1. The number of hydrogen-bond acceptors (Lipinski definition) is 3. The lowest BCUT2D eigenvalue weighted by Crippen LogP contribution is -2.31. The van der Waals surface area contributed by atoms with Crippen LogP contribution in [0.15, 0.2) is 18.2 Å². The van der Waals surface area contributed by atoms with Gasteiger partial charge in [0.2, 0.25) is 0 Å². The highest BCUT2D eigenvalue weighted by atomic mass is 35.5. The number of hydrogen-bond donors (Lipinski definition) is 1. The van der Waals surface area contributed by atoms with Crippen LogP contribution in [-0.2, 0) is 4.79 Å². The maximum absolute atomic E-state index is 11.6.